The minimum atomic E-state index is -0.0900. The molecule has 0 unspecified atom stereocenters. The van der Waals surface area contributed by atoms with Crippen LogP contribution in [0.4, 0.5) is 0 Å². The number of thiazole rings is 1. The highest BCUT2D eigenvalue weighted by Gasteiger charge is 2.14. The highest BCUT2D eigenvalue weighted by atomic mass is 79.9. The quantitative estimate of drug-likeness (QED) is 0.305. The Bertz CT molecular complexity index is 1580. The molecule has 0 N–H and O–H groups in total. The molecule has 0 amide bonds. The first-order valence-corrected chi connectivity index (χ1v) is 11.7. The van der Waals surface area contributed by atoms with E-state index in [4.69, 9.17) is 21.1 Å². The topological polar surface area (TPSA) is 52.8 Å². The number of nitrogens with zero attached hydrogens (tertiary/aromatic N) is 2. The molecule has 5 aromatic rings. The number of benzene rings is 3. The van der Waals surface area contributed by atoms with E-state index in [2.05, 4.69) is 20.9 Å². The second-order valence-corrected chi connectivity index (χ2v) is 9.32. The smallest absolute Gasteiger partial charge is 0.274 e. The Kier molecular flexibility index (Phi) is 5.63. The predicted octanol–water partition coefficient (Wildman–Crippen LogP) is 5.46. The molecular formula is C24H16BrClN2O3S. The Morgan fingerprint density at radius 3 is 2.75 bits per heavy atom. The Balaban J connectivity index is 1.53. The van der Waals surface area contributed by atoms with Crippen molar-refractivity contribution in [3.63, 3.8) is 0 Å². The van der Waals surface area contributed by atoms with Crippen molar-refractivity contribution in [2.45, 2.75) is 6.61 Å². The van der Waals surface area contributed by atoms with Gasteiger partial charge in [0.15, 0.2) is 16.5 Å². The molecule has 0 saturated heterocycles. The molecule has 0 aliphatic rings. The molecule has 0 aliphatic heterocycles. The normalized spacial score (nSPS) is 12.0. The lowest BCUT2D eigenvalue weighted by Crippen LogP contribution is -2.22. The van der Waals surface area contributed by atoms with Crippen LogP contribution >= 0.6 is 38.9 Å². The van der Waals surface area contributed by atoms with E-state index >= 15 is 0 Å². The van der Waals surface area contributed by atoms with Crippen molar-refractivity contribution in [2.75, 3.05) is 7.11 Å². The van der Waals surface area contributed by atoms with E-state index < -0.39 is 0 Å². The summed E-state index contributed by atoms with van der Waals surface area (Å²) >= 11 is 11.2. The van der Waals surface area contributed by atoms with E-state index in [-0.39, 0.29) is 5.56 Å². The second kappa shape index (κ2) is 8.58. The van der Waals surface area contributed by atoms with Crippen molar-refractivity contribution in [3.8, 4) is 11.5 Å². The summed E-state index contributed by atoms with van der Waals surface area (Å²) in [6.45, 7) is 0.303. The zero-order valence-corrected chi connectivity index (χ0v) is 20.0. The molecule has 8 heteroatoms. The molecule has 0 spiro atoms. The molecule has 0 atom stereocenters. The number of ether oxygens (including phenoxy) is 2. The zero-order chi connectivity index (χ0) is 22.2. The Morgan fingerprint density at radius 1 is 1.16 bits per heavy atom. The second-order valence-electron chi connectivity index (χ2n) is 7.05. The molecule has 5 rings (SSSR count). The molecule has 0 bridgehead atoms. The number of halogens is 2. The third-order valence-corrected chi connectivity index (χ3v) is 6.95. The number of methoxy groups -OCH3 is 1. The Hall–Kier alpha value is -2.87. The van der Waals surface area contributed by atoms with Crippen molar-refractivity contribution in [1.29, 1.82) is 0 Å². The van der Waals surface area contributed by atoms with Crippen LogP contribution < -0.4 is 19.6 Å². The summed E-state index contributed by atoms with van der Waals surface area (Å²) in [7, 11) is 1.58. The average Bonchev–Trinajstić information content (AvgIpc) is 3.30. The standard InChI is InChI=1S/C24H16BrClN2O3S/c1-30-20-11-14(10-16(25)22(20)31-13-15-6-2-3-7-17(15)26)12-21-23(29)28-19-9-5-4-8-18(19)27-24(28)32-21/h2-12H,13H2,1H3. The van der Waals surface area contributed by atoms with Gasteiger partial charge in [0.1, 0.15) is 6.61 Å². The fraction of sp³-hybridized carbons (Fsp3) is 0.0833. The van der Waals surface area contributed by atoms with Gasteiger partial charge in [0, 0.05) is 10.6 Å². The number of hydrogen-bond acceptors (Lipinski definition) is 5. The lowest BCUT2D eigenvalue weighted by atomic mass is 10.2. The summed E-state index contributed by atoms with van der Waals surface area (Å²) in [6.07, 6.45) is 1.83. The van der Waals surface area contributed by atoms with Crippen LogP contribution in [0.3, 0.4) is 0 Å². The first kappa shape index (κ1) is 21.0. The van der Waals surface area contributed by atoms with Gasteiger partial charge in [-0.2, -0.15) is 0 Å². The summed E-state index contributed by atoms with van der Waals surface area (Å²) in [5.74, 6) is 1.12. The maximum Gasteiger partial charge on any atom is 0.274 e. The summed E-state index contributed by atoms with van der Waals surface area (Å²) in [5, 5.41) is 0.644. The highest BCUT2D eigenvalue weighted by molar-refractivity contribution is 9.10. The monoisotopic (exact) mass is 526 g/mol. The number of imidazole rings is 1. The number of aromatic nitrogens is 2. The summed E-state index contributed by atoms with van der Waals surface area (Å²) in [6, 6.07) is 18.9. The van der Waals surface area contributed by atoms with E-state index in [0.29, 0.717) is 32.6 Å². The van der Waals surface area contributed by atoms with Crippen LogP contribution in [0.2, 0.25) is 5.02 Å². The van der Waals surface area contributed by atoms with E-state index in [1.54, 1.807) is 11.5 Å². The van der Waals surface area contributed by atoms with Crippen molar-refractivity contribution >= 4 is 60.9 Å². The van der Waals surface area contributed by atoms with Crippen molar-refractivity contribution in [1.82, 2.24) is 9.38 Å². The molecule has 0 fully saturated rings. The van der Waals surface area contributed by atoms with Crippen molar-refractivity contribution in [2.24, 2.45) is 0 Å². The number of fused-ring (bicyclic) bond motifs is 3. The maximum atomic E-state index is 13.0. The average molecular weight is 528 g/mol. The van der Waals surface area contributed by atoms with Crippen LogP contribution in [0.25, 0.3) is 22.1 Å². The summed E-state index contributed by atoms with van der Waals surface area (Å²) in [4.78, 5) is 18.3. The van der Waals surface area contributed by atoms with Gasteiger partial charge in [-0.3, -0.25) is 4.79 Å². The van der Waals surface area contributed by atoms with Crippen LogP contribution in [0.5, 0.6) is 11.5 Å². The molecule has 0 radical (unpaired) electrons. The van der Waals surface area contributed by atoms with E-state index in [1.807, 2.05) is 66.7 Å². The van der Waals surface area contributed by atoms with Gasteiger partial charge in [-0.05, 0) is 57.9 Å². The van der Waals surface area contributed by atoms with Crippen LogP contribution in [-0.4, -0.2) is 16.5 Å². The van der Waals surface area contributed by atoms with E-state index in [0.717, 1.165) is 26.6 Å². The minimum absolute atomic E-state index is 0.0900. The molecule has 5 nitrogen and oxygen atoms in total. The van der Waals surface area contributed by atoms with Gasteiger partial charge < -0.3 is 9.47 Å². The van der Waals surface area contributed by atoms with Gasteiger partial charge in [0.2, 0.25) is 0 Å². The molecular weight excluding hydrogens is 512 g/mol. The molecule has 0 aliphatic carbocycles. The number of rotatable bonds is 5. The van der Waals surface area contributed by atoms with Gasteiger partial charge in [0.05, 0.1) is 27.1 Å². The number of para-hydroxylation sites is 2. The summed E-state index contributed by atoms with van der Waals surface area (Å²) < 4.78 is 14.5. The third-order valence-electron chi connectivity index (χ3n) is 5.02. The van der Waals surface area contributed by atoms with Gasteiger partial charge in [0.25, 0.3) is 5.56 Å². The Morgan fingerprint density at radius 2 is 1.94 bits per heavy atom. The fourth-order valence-electron chi connectivity index (χ4n) is 3.49. The van der Waals surface area contributed by atoms with Crippen LogP contribution in [-0.2, 0) is 6.61 Å². The SMILES string of the molecule is COc1cc(C=c2sc3nc4ccccc4n3c2=O)cc(Br)c1OCc1ccccc1Cl. The van der Waals surface area contributed by atoms with Crippen LogP contribution in [0.1, 0.15) is 11.1 Å². The van der Waals surface area contributed by atoms with Gasteiger partial charge >= 0.3 is 0 Å². The molecule has 160 valence electrons. The van der Waals surface area contributed by atoms with Gasteiger partial charge in [-0.1, -0.05) is 53.3 Å². The Labute approximate surface area is 200 Å². The van der Waals surface area contributed by atoms with Crippen LogP contribution in [0.15, 0.2) is 69.9 Å². The van der Waals surface area contributed by atoms with E-state index in [9.17, 15) is 4.79 Å². The lowest BCUT2D eigenvalue weighted by Gasteiger charge is -2.14. The summed E-state index contributed by atoms with van der Waals surface area (Å²) in [5.41, 5.74) is 3.22. The molecule has 0 saturated carbocycles. The maximum absolute atomic E-state index is 13.0. The predicted molar refractivity (Wildman–Crippen MR) is 132 cm³/mol. The molecule has 32 heavy (non-hydrogen) atoms. The first-order valence-electron chi connectivity index (χ1n) is 9.70. The number of hydrogen-bond donors (Lipinski definition) is 0. The van der Waals surface area contributed by atoms with Gasteiger partial charge in [-0.25, -0.2) is 9.38 Å². The largest absolute Gasteiger partial charge is 0.493 e. The van der Waals surface area contributed by atoms with Gasteiger partial charge in [-0.15, -0.1) is 0 Å². The van der Waals surface area contributed by atoms with E-state index in [1.165, 1.54) is 11.3 Å². The van der Waals surface area contributed by atoms with Crippen LogP contribution in [0, 0.1) is 0 Å². The first-order chi connectivity index (χ1) is 15.5. The molecule has 2 heterocycles. The fourth-order valence-corrected chi connectivity index (χ4v) is 5.24. The lowest BCUT2D eigenvalue weighted by molar-refractivity contribution is 0.282. The van der Waals surface area contributed by atoms with Crippen molar-refractivity contribution in [3.05, 3.63) is 96.2 Å². The molecule has 3 aromatic carbocycles. The van der Waals surface area contributed by atoms with Crippen molar-refractivity contribution < 1.29 is 9.47 Å². The molecule has 2 aromatic heterocycles. The highest BCUT2D eigenvalue weighted by Crippen LogP contribution is 2.37. The zero-order valence-electron chi connectivity index (χ0n) is 16.8. The third kappa shape index (κ3) is 3.77. The minimum Gasteiger partial charge on any atom is -0.493 e.